The number of benzene rings is 2. The lowest BCUT2D eigenvalue weighted by Crippen LogP contribution is -1.84. The number of aryl methyl sites for hydroxylation is 1. The van der Waals surface area contributed by atoms with Gasteiger partial charge in [-0.25, -0.2) is 0 Å². The highest BCUT2D eigenvalue weighted by Crippen LogP contribution is 2.34. The highest BCUT2D eigenvalue weighted by Gasteiger charge is 2.21. The Bertz CT molecular complexity index is 1010. The second kappa shape index (κ2) is 7.35. The molecule has 0 amide bonds. The minimum absolute atomic E-state index is 0.411. The molecule has 0 aliphatic heterocycles. The van der Waals surface area contributed by atoms with E-state index < -0.39 is 0 Å². The Kier molecular flexibility index (Phi) is 4.77. The first-order valence-corrected chi connectivity index (χ1v) is 9.30. The van der Waals surface area contributed by atoms with E-state index in [9.17, 15) is 0 Å². The van der Waals surface area contributed by atoms with Gasteiger partial charge in [0.25, 0.3) is 5.89 Å². The van der Waals surface area contributed by atoms with E-state index in [0.29, 0.717) is 34.0 Å². The number of rotatable bonds is 5. The van der Waals surface area contributed by atoms with Crippen LogP contribution in [0.1, 0.15) is 11.7 Å². The molecular formula is C19H14ClN3O2S. The fourth-order valence-corrected chi connectivity index (χ4v) is 3.37. The molecule has 26 heavy (non-hydrogen) atoms. The van der Waals surface area contributed by atoms with Crippen LogP contribution >= 0.6 is 23.4 Å². The normalized spacial score (nSPS) is 11.0. The molecule has 4 rings (SSSR count). The van der Waals surface area contributed by atoms with E-state index in [1.54, 1.807) is 11.8 Å². The molecule has 2 aromatic heterocycles. The molecule has 130 valence electrons. The van der Waals surface area contributed by atoms with Gasteiger partial charge in [0, 0.05) is 15.5 Å². The monoisotopic (exact) mass is 383 g/mol. The molecule has 0 atom stereocenters. The Morgan fingerprint density at radius 2 is 1.77 bits per heavy atom. The molecule has 0 bridgehead atoms. The van der Waals surface area contributed by atoms with Gasteiger partial charge in [0.05, 0.1) is 5.75 Å². The Labute approximate surface area is 159 Å². The van der Waals surface area contributed by atoms with Crippen LogP contribution < -0.4 is 0 Å². The highest BCUT2D eigenvalue weighted by molar-refractivity contribution is 7.98. The summed E-state index contributed by atoms with van der Waals surface area (Å²) >= 11 is 7.51. The summed E-state index contributed by atoms with van der Waals surface area (Å²) in [5.74, 6) is 2.16. The summed E-state index contributed by atoms with van der Waals surface area (Å²) in [6.07, 6.45) is 0. The van der Waals surface area contributed by atoms with Crippen molar-refractivity contribution in [2.24, 2.45) is 0 Å². The molecule has 5 nitrogen and oxygen atoms in total. The van der Waals surface area contributed by atoms with E-state index in [0.717, 1.165) is 16.0 Å². The van der Waals surface area contributed by atoms with Gasteiger partial charge in [-0.2, -0.15) is 0 Å². The molecular weight excluding hydrogens is 370 g/mol. The standard InChI is InChI=1S/C19H14ClN3O2S/c1-12-17(18(23-25-12)13-5-3-2-4-6-13)19-22-21-16(24-19)11-26-15-9-7-14(20)8-10-15/h2-10H,11H2,1H3. The lowest BCUT2D eigenvalue weighted by molar-refractivity contribution is 0.399. The summed E-state index contributed by atoms with van der Waals surface area (Å²) in [5, 5.41) is 13.2. The zero-order valence-corrected chi connectivity index (χ0v) is 15.4. The van der Waals surface area contributed by atoms with Gasteiger partial charge in [-0.15, -0.1) is 22.0 Å². The Balaban J connectivity index is 1.57. The molecule has 0 saturated carbocycles. The van der Waals surface area contributed by atoms with Crippen LogP contribution in [0.5, 0.6) is 0 Å². The largest absolute Gasteiger partial charge is 0.420 e. The summed E-state index contributed by atoms with van der Waals surface area (Å²) in [6.45, 7) is 1.83. The Hall–Kier alpha value is -2.57. The fraction of sp³-hybridized carbons (Fsp3) is 0.105. The van der Waals surface area contributed by atoms with Crippen LogP contribution in [0.4, 0.5) is 0 Å². The summed E-state index contributed by atoms with van der Waals surface area (Å²) in [7, 11) is 0. The molecule has 0 radical (unpaired) electrons. The lowest BCUT2D eigenvalue weighted by Gasteiger charge is -1.99. The fourth-order valence-electron chi connectivity index (χ4n) is 2.51. The quantitative estimate of drug-likeness (QED) is 0.415. The minimum atomic E-state index is 0.411. The van der Waals surface area contributed by atoms with E-state index in [4.69, 9.17) is 20.5 Å². The van der Waals surface area contributed by atoms with Crippen molar-refractivity contribution in [3.8, 4) is 22.7 Å². The predicted molar refractivity (Wildman–Crippen MR) is 101 cm³/mol. The first-order valence-electron chi connectivity index (χ1n) is 7.93. The number of aromatic nitrogens is 3. The first-order chi connectivity index (χ1) is 12.7. The summed E-state index contributed by atoms with van der Waals surface area (Å²) in [6, 6.07) is 17.4. The molecule has 0 unspecified atom stereocenters. The van der Waals surface area contributed by atoms with Crippen LogP contribution in [0, 0.1) is 6.92 Å². The molecule has 0 N–H and O–H groups in total. The number of nitrogens with zero attached hydrogens (tertiary/aromatic N) is 3. The van der Waals surface area contributed by atoms with Crippen molar-refractivity contribution >= 4 is 23.4 Å². The minimum Gasteiger partial charge on any atom is -0.420 e. The number of halogens is 1. The van der Waals surface area contributed by atoms with Crippen molar-refractivity contribution in [3.63, 3.8) is 0 Å². The predicted octanol–water partition coefficient (Wildman–Crippen LogP) is 5.65. The van der Waals surface area contributed by atoms with Crippen LogP contribution in [-0.2, 0) is 5.75 Å². The van der Waals surface area contributed by atoms with Gasteiger partial charge in [-0.05, 0) is 31.2 Å². The van der Waals surface area contributed by atoms with Crippen LogP contribution in [0.2, 0.25) is 5.02 Å². The van der Waals surface area contributed by atoms with E-state index >= 15 is 0 Å². The van der Waals surface area contributed by atoms with Crippen molar-refractivity contribution in [1.82, 2.24) is 15.4 Å². The average molecular weight is 384 g/mol. The summed E-state index contributed by atoms with van der Waals surface area (Å²) in [4.78, 5) is 1.08. The number of hydrogen-bond donors (Lipinski definition) is 0. The maximum atomic E-state index is 5.90. The molecule has 0 aliphatic rings. The van der Waals surface area contributed by atoms with Gasteiger partial charge < -0.3 is 8.94 Å². The van der Waals surface area contributed by atoms with E-state index in [-0.39, 0.29) is 0 Å². The van der Waals surface area contributed by atoms with E-state index in [1.165, 1.54) is 0 Å². The average Bonchev–Trinajstić information content (AvgIpc) is 3.28. The molecule has 7 heteroatoms. The molecule has 0 spiro atoms. The molecule has 0 saturated heterocycles. The van der Waals surface area contributed by atoms with Crippen LogP contribution in [-0.4, -0.2) is 15.4 Å². The topological polar surface area (TPSA) is 65.0 Å². The maximum Gasteiger partial charge on any atom is 0.253 e. The molecule has 4 aromatic rings. The first kappa shape index (κ1) is 16.9. The van der Waals surface area contributed by atoms with Crippen molar-refractivity contribution < 1.29 is 8.94 Å². The van der Waals surface area contributed by atoms with Crippen molar-refractivity contribution in [1.29, 1.82) is 0 Å². The smallest absolute Gasteiger partial charge is 0.253 e. The van der Waals surface area contributed by atoms with Gasteiger partial charge >= 0.3 is 0 Å². The summed E-state index contributed by atoms with van der Waals surface area (Å²) < 4.78 is 11.2. The Morgan fingerprint density at radius 1 is 1.00 bits per heavy atom. The highest BCUT2D eigenvalue weighted by atomic mass is 35.5. The van der Waals surface area contributed by atoms with Crippen molar-refractivity contribution in [2.75, 3.05) is 0 Å². The second-order valence-electron chi connectivity index (χ2n) is 5.57. The van der Waals surface area contributed by atoms with Crippen LogP contribution in [0.15, 0.2) is 68.4 Å². The summed E-state index contributed by atoms with van der Waals surface area (Å²) in [5.41, 5.74) is 2.37. The van der Waals surface area contributed by atoms with Gasteiger partial charge in [-0.1, -0.05) is 47.1 Å². The second-order valence-corrected chi connectivity index (χ2v) is 7.06. The lowest BCUT2D eigenvalue weighted by atomic mass is 10.1. The number of thioether (sulfide) groups is 1. The third kappa shape index (κ3) is 3.52. The Morgan fingerprint density at radius 3 is 2.54 bits per heavy atom. The van der Waals surface area contributed by atoms with Crippen LogP contribution in [0.3, 0.4) is 0 Å². The van der Waals surface area contributed by atoms with E-state index in [2.05, 4.69) is 15.4 Å². The third-order valence-electron chi connectivity index (χ3n) is 3.77. The van der Waals surface area contributed by atoms with Crippen molar-refractivity contribution in [2.45, 2.75) is 17.6 Å². The maximum absolute atomic E-state index is 5.90. The van der Waals surface area contributed by atoms with Crippen LogP contribution in [0.25, 0.3) is 22.7 Å². The molecule has 0 fully saturated rings. The molecule has 2 heterocycles. The van der Waals surface area contributed by atoms with Crippen molar-refractivity contribution in [3.05, 3.63) is 71.3 Å². The molecule has 0 aliphatic carbocycles. The van der Waals surface area contributed by atoms with Gasteiger partial charge in [-0.3, -0.25) is 0 Å². The SMILES string of the molecule is Cc1onc(-c2ccccc2)c1-c1nnc(CSc2ccc(Cl)cc2)o1. The van der Waals surface area contributed by atoms with Gasteiger partial charge in [0.15, 0.2) is 0 Å². The molecule has 2 aromatic carbocycles. The van der Waals surface area contributed by atoms with E-state index in [1.807, 2.05) is 61.5 Å². The number of hydrogen-bond acceptors (Lipinski definition) is 6. The third-order valence-corrected chi connectivity index (χ3v) is 5.02. The van der Waals surface area contributed by atoms with Gasteiger partial charge in [0.1, 0.15) is 17.0 Å². The zero-order valence-electron chi connectivity index (χ0n) is 13.8. The zero-order chi connectivity index (χ0) is 17.9. The van der Waals surface area contributed by atoms with Gasteiger partial charge in [0.2, 0.25) is 5.89 Å².